The van der Waals surface area contributed by atoms with Crippen LogP contribution in [0.1, 0.15) is 41.1 Å². The van der Waals surface area contributed by atoms with E-state index in [1.807, 2.05) is 37.4 Å². The Morgan fingerprint density at radius 2 is 2.14 bits per heavy atom. The highest BCUT2D eigenvalue weighted by molar-refractivity contribution is 5.97. The number of hydrogen-bond donors (Lipinski definition) is 0. The van der Waals surface area contributed by atoms with Crippen molar-refractivity contribution in [1.29, 1.82) is 0 Å². The summed E-state index contributed by atoms with van der Waals surface area (Å²) >= 11 is 0. The van der Waals surface area contributed by atoms with E-state index < -0.39 is 0 Å². The molecular weight excluding hydrogens is 268 g/mol. The SMILES string of the molecule is COc1ccc(Cn2cc3c(n2)C(C)OCCC3=O)cc1. The van der Waals surface area contributed by atoms with Crippen molar-refractivity contribution in [2.75, 3.05) is 13.7 Å². The average Bonchev–Trinajstić information content (AvgIpc) is 2.86. The minimum Gasteiger partial charge on any atom is -0.497 e. The highest BCUT2D eigenvalue weighted by Crippen LogP contribution is 2.25. The molecule has 0 spiro atoms. The molecule has 0 saturated heterocycles. The quantitative estimate of drug-likeness (QED) is 0.870. The number of fused-ring (bicyclic) bond motifs is 1. The number of Topliss-reactive ketones (excluding diaryl/α,β-unsaturated/α-hetero) is 1. The maximum Gasteiger partial charge on any atom is 0.168 e. The van der Waals surface area contributed by atoms with Gasteiger partial charge in [0, 0.05) is 12.6 Å². The monoisotopic (exact) mass is 286 g/mol. The van der Waals surface area contributed by atoms with E-state index >= 15 is 0 Å². The van der Waals surface area contributed by atoms with Gasteiger partial charge in [0.15, 0.2) is 5.78 Å². The van der Waals surface area contributed by atoms with Crippen molar-refractivity contribution in [3.8, 4) is 5.75 Å². The summed E-state index contributed by atoms with van der Waals surface area (Å²) in [6.07, 6.45) is 2.11. The Bertz CT molecular complexity index is 646. The summed E-state index contributed by atoms with van der Waals surface area (Å²) in [7, 11) is 1.65. The molecule has 0 bridgehead atoms. The molecule has 1 aromatic carbocycles. The van der Waals surface area contributed by atoms with Gasteiger partial charge in [0.25, 0.3) is 0 Å². The number of aromatic nitrogens is 2. The van der Waals surface area contributed by atoms with E-state index in [-0.39, 0.29) is 11.9 Å². The van der Waals surface area contributed by atoms with Gasteiger partial charge < -0.3 is 9.47 Å². The fourth-order valence-electron chi connectivity index (χ4n) is 2.49. The molecule has 110 valence electrons. The predicted molar refractivity (Wildman–Crippen MR) is 77.6 cm³/mol. The number of rotatable bonds is 3. The second kappa shape index (κ2) is 5.69. The molecule has 3 rings (SSSR count). The van der Waals surface area contributed by atoms with Crippen molar-refractivity contribution in [2.45, 2.75) is 26.0 Å². The molecule has 0 saturated carbocycles. The van der Waals surface area contributed by atoms with Crippen LogP contribution >= 0.6 is 0 Å². The zero-order chi connectivity index (χ0) is 14.8. The van der Waals surface area contributed by atoms with Gasteiger partial charge in [-0.3, -0.25) is 9.48 Å². The fourth-order valence-corrected chi connectivity index (χ4v) is 2.49. The molecule has 1 unspecified atom stereocenters. The maximum absolute atomic E-state index is 12.1. The van der Waals surface area contributed by atoms with Crippen LogP contribution in [0.3, 0.4) is 0 Å². The van der Waals surface area contributed by atoms with Crippen molar-refractivity contribution >= 4 is 5.78 Å². The Balaban J connectivity index is 1.85. The van der Waals surface area contributed by atoms with E-state index in [1.54, 1.807) is 11.8 Å². The largest absolute Gasteiger partial charge is 0.497 e. The molecule has 1 aliphatic heterocycles. The highest BCUT2D eigenvalue weighted by atomic mass is 16.5. The molecule has 0 amide bonds. The molecule has 0 N–H and O–H groups in total. The number of methoxy groups -OCH3 is 1. The lowest BCUT2D eigenvalue weighted by Crippen LogP contribution is -2.04. The normalized spacial score (nSPS) is 18.2. The summed E-state index contributed by atoms with van der Waals surface area (Å²) in [5.74, 6) is 0.933. The number of hydrogen-bond acceptors (Lipinski definition) is 4. The number of carbonyl (C=O) groups excluding carboxylic acids is 1. The zero-order valence-corrected chi connectivity index (χ0v) is 12.2. The Labute approximate surface area is 123 Å². The van der Waals surface area contributed by atoms with Gasteiger partial charge >= 0.3 is 0 Å². The molecule has 1 aromatic heterocycles. The summed E-state index contributed by atoms with van der Waals surface area (Å²) in [5, 5.41) is 4.52. The smallest absolute Gasteiger partial charge is 0.168 e. The molecule has 5 nitrogen and oxygen atoms in total. The van der Waals surface area contributed by atoms with Crippen molar-refractivity contribution in [1.82, 2.24) is 9.78 Å². The number of ketones is 1. The molecule has 0 aliphatic carbocycles. The van der Waals surface area contributed by atoms with Gasteiger partial charge in [0.1, 0.15) is 11.4 Å². The molecular formula is C16H18N2O3. The van der Waals surface area contributed by atoms with Gasteiger partial charge in [-0.1, -0.05) is 12.1 Å². The summed E-state index contributed by atoms with van der Waals surface area (Å²) in [5.41, 5.74) is 2.54. The Kier molecular flexibility index (Phi) is 3.75. The van der Waals surface area contributed by atoms with Gasteiger partial charge in [-0.05, 0) is 24.6 Å². The minimum absolute atomic E-state index is 0.107. The minimum atomic E-state index is -0.136. The summed E-state index contributed by atoms with van der Waals surface area (Å²) in [6.45, 7) is 3.02. The molecule has 5 heteroatoms. The van der Waals surface area contributed by atoms with Crippen molar-refractivity contribution in [3.05, 3.63) is 47.3 Å². The van der Waals surface area contributed by atoms with Crippen molar-refractivity contribution in [2.24, 2.45) is 0 Å². The second-order valence-electron chi connectivity index (χ2n) is 5.16. The van der Waals surface area contributed by atoms with Crippen LogP contribution in [0.5, 0.6) is 5.75 Å². The molecule has 1 aliphatic rings. The summed E-state index contributed by atoms with van der Waals surface area (Å²) in [6, 6.07) is 7.82. The first-order valence-corrected chi connectivity index (χ1v) is 7.02. The van der Waals surface area contributed by atoms with Gasteiger partial charge in [-0.15, -0.1) is 0 Å². The Morgan fingerprint density at radius 3 is 2.86 bits per heavy atom. The third-order valence-electron chi connectivity index (χ3n) is 3.68. The first kappa shape index (κ1) is 13.8. The van der Waals surface area contributed by atoms with E-state index in [9.17, 15) is 4.79 Å². The number of ether oxygens (including phenoxy) is 2. The average molecular weight is 286 g/mol. The lowest BCUT2D eigenvalue weighted by atomic mass is 10.1. The highest BCUT2D eigenvalue weighted by Gasteiger charge is 2.24. The number of nitrogens with zero attached hydrogens (tertiary/aromatic N) is 2. The molecule has 2 heterocycles. The van der Waals surface area contributed by atoms with E-state index in [0.29, 0.717) is 25.1 Å². The van der Waals surface area contributed by atoms with Crippen LogP contribution in [0.15, 0.2) is 30.5 Å². The second-order valence-corrected chi connectivity index (χ2v) is 5.16. The third kappa shape index (κ3) is 2.83. The summed E-state index contributed by atoms with van der Waals surface area (Å²) in [4.78, 5) is 12.1. The van der Waals surface area contributed by atoms with E-state index in [4.69, 9.17) is 9.47 Å². The lowest BCUT2D eigenvalue weighted by Gasteiger charge is -2.07. The van der Waals surface area contributed by atoms with Crippen LogP contribution < -0.4 is 4.74 Å². The Hall–Kier alpha value is -2.14. The van der Waals surface area contributed by atoms with E-state index in [2.05, 4.69) is 5.10 Å². The Morgan fingerprint density at radius 1 is 1.38 bits per heavy atom. The predicted octanol–water partition coefficient (Wildman–Crippen LogP) is 2.60. The number of carbonyl (C=O) groups is 1. The van der Waals surface area contributed by atoms with E-state index in [0.717, 1.165) is 17.0 Å². The van der Waals surface area contributed by atoms with Crippen LogP contribution in [0.25, 0.3) is 0 Å². The van der Waals surface area contributed by atoms with Crippen LogP contribution in [-0.4, -0.2) is 29.3 Å². The van der Waals surface area contributed by atoms with Gasteiger partial charge in [0.05, 0.1) is 31.9 Å². The van der Waals surface area contributed by atoms with Crippen LogP contribution in [-0.2, 0) is 11.3 Å². The summed E-state index contributed by atoms with van der Waals surface area (Å²) < 4.78 is 12.5. The lowest BCUT2D eigenvalue weighted by molar-refractivity contribution is 0.0627. The first-order chi connectivity index (χ1) is 10.2. The third-order valence-corrected chi connectivity index (χ3v) is 3.68. The van der Waals surface area contributed by atoms with Gasteiger partial charge in [0.2, 0.25) is 0 Å². The first-order valence-electron chi connectivity index (χ1n) is 7.02. The van der Waals surface area contributed by atoms with Crippen molar-refractivity contribution < 1.29 is 14.3 Å². The molecule has 0 radical (unpaired) electrons. The van der Waals surface area contributed by atoms with Gasteiger partial charge in [-0.2, -0.15) is 5.10 Å². The van der Waals surface area contributed by atoms with Crippen LogP contribution in [0.4, 0.5) is 0 Å². The molecule has 0 fully saturated rings. The van der Waals surface area contributed by atoms with Gasteiger partial charge in [-0.25, -0.2) is 0 Å². The topological polar surface area (TPSA) is 53.4 Å². The zero-order valence-electron chi connectivity index (χ0n) is 12.2. The van der Waals surface area contributed by atoms with Crippen molar-refractivity contribution in [3.63, 3.8) is 0 Å². The van der Waals surface area contributed by atoms with Crippen LogP contribution in [0, 0.1) is 0 Å². The van der Waals surface area contributed by atoms with E-state index in [1.165, 1.54) is 0 Å². The molecule has 21 heavy (non-hydrogen) atoms. The number of benzene rings is 1. The molecule has 1 atom stereocenters. The maximum atomic E-state index is 12.1. The van der Waals surface area contributed by atoms with Crippen LogP contribution in [0.2, 0.25) is 0 Å². The standard InChI is InChI=1S/C16H18N2O3/c1-11-16-14(15(19)7-8-21-11)10-18(17-16)9-12-3-5-13(20-2)6-4-12/h3-6,10-11H,7-9H2,1-2H3. The fraction of sp³-hybridized carbons (Fsp3) is 0.375. The molecule has 2 aromatic rings.